The molecule has 0 aromatic heterocycles. The molecule has 3 aromatic rings. The van der Waals surface area contributed by atoms with Crippen molar-refractivity contribution < 1.29 is 17.9 Å². The summed E-state index contributed by atoms with van der Waals surface area (Å²) in [7, 11) is -3.60. The van der Waals surface area contributed by atoms with Gasteiger partial charge in [0.15, 0.2) is 0 Å². The van der Waals surface area contributed by atoms with Crippen molar-refractivity contribution in [2.24, 2.45) is 0 Å². The third kappa shape index (κ3) is 5.81. The number of rotatable bonds is 7. The molecule has 3 aromatic carbocycles. The van der Waals surface area contributed by atoms with Crippen LogP contribution in [0.2, 0.25) is 5.02 Å². The predicted molar refractivity (Wildman–Crippen MR) is 128 cm³/mol. The lowest BCUT2D eigenvalue weighted by Gasteiger charge is -2.26. The van der Waals surface area contributed by atoms with Crippen molar-refractivity contribution in [2.75, 3.05) is 26.3 Å². The fourth-order valence-corrected chi connectivity index (χ4v) is 5.28. The molecule has 0 radical (unpaired) electrons. The fraction of sp³-hybridized carbons (Fsp3) is 0.240. The summed E-state index contributed by atoms with van der Waals surface area (Å²) in [6.45, 7) is 1.42. The molecule has 1 aliphatic rings. The van der Waals surface area contributed by atoms with Gasteiger partial charge in [-0.15, -0.1) is 0 Å². The summed E-state index contributed by atoms with van der Waals surface area (Å²) in [6.07, 6.45) is 0.594. The van der Waals surface area contributed by atoms with Gasteiger partial charge in [0, 0.05) is 23.7 Å². The van der Waals surface area contributed by atoms with Gasteiger partial charge in [-0.1, -0.05) is 54.1 Å². The highest BCUT2D eigenvalue weighted by Gasteiger charge is 2.26. The van der Waals surface area contributed by atoms with Gasteiger partial charge in [-0.2, -0.15) is 4.31 Å². The van der Waals surface area contributed by atoms with E-state index < -0.39 is 10.0 Å². The molecule has 0 bridgehead atoms. The first-order valence-electron chi connectivity index (χ1n) is 10.7. The summed E-state index contributed by atoms with van der Waals surface area (Å²) in [6, 6.07) is 23.1. The van der Waals surface area contributed by atoms with E-state index in [4.69, 9.17) is 16.3 Å². The van der Waals surface area contributed by atoms with Crippen LogP contribution in [0, 0.1) is 0 Å². The monoisotopic (exact) mass is 484 g/mol. The molecular weight excluding hydrogens is 460 g/mol. The highest BCUT2D eigenvalue weighted by Crippen LogP contribution is 2.22. The topological polar surface area (TPSA) is 75.7 Å². The molecule has 1 heterocycles. The second kappa shape index (κ2) is 10.5. The Balaban J connectivity index is 1.51. The number of nitrogens with one attached hydrogen (secondary N) is 1. The summed E-state index contributed by atoms with van der Waals surface area (Å²) in [5.74, 6) is -0.270. The number of halogens is 1. The molecule has 33 heavy (non-hydrogen) atoms. The van der Waals surface area contributed by atoms with Crippen LogP contribution in [0.4, 0.5) is 0 Å². The van der Waals surface area contributed by atoms with Crippen LogP contribution in [0.15, 0.2) is 83.8 Å². The van der Waals surface area contributed by atoms with Crippen LogP contribution in [0.5, 0.6) is 0 Å². The maximum atomic E-state index is 13.0. The van der Waals surface area contributed by atoms with Gasteiger partial charge in [-0.25, -0.2) is 8.42 Å². The van der Waals surface area contributed by atoms with E-state index in [0.717, 1.165) is 11.1 Å². The van der Waals surface area contributed by atoms with Gasteiger partial charge in [-0.3, -0.25) is 4.79 Å². The SMILES string of the molecule is O=C(NC(Cc1ccc(Cl)cc1)c1ccccc1)c1ccc(S(=O)(=O)N2CCOCC2)cc1. The molecule has 1 aliphatic heterocycles. The first kappa shape index (κ1) is 23.4. The minimum absolute atomic E-state index is 0.168. The molecular formula is C25H25ClN2O4S. The predicted octanol–water partition coefficient (Wildman–Crippen LogP) is 4.07. The van der Waals surface area contributed by atoms with Gasteiger partial charge in [-0.05, 0) is 53.9 Å². The molecule has 4 rings (SSSR count). The quantitative estimate of drug-likeness (QED) is 0.548. The van der Waals surface area contributed by atoms with Crippen LogP contribution in [-0.4, -0.2) is 44.9 Å². The van der Waals surface area contributed by atoms with Crippen LogP contribution in [0.25, 0.3) is 0 Å². The Labute approximate surface area is 199 Å². The number of sulfonamides is 1. The highest BCUT2D eigenvalue weighted by molar-refractivity contribution is 7.89. The zero-order valence-electron chi connectivity index (χ0n) is 18.0. The summed E-state index contributed by atoms with van der Waals surface area (Å²) in [5, 5.41) is 3.74. The minimum atomic E-state index is -3.60. The van der Waals surface area contributed by atoms with E-state index in [1.165, 1.54) is 16.4 Å². The highest BCUT2D eigenvalue weighted by atomic mass is 35.5. The molecule has 1 atom stereocenters. The van der Waals surface area contributed by atoms with E-state index in [0.29, 0.717) is 43.3 Å². The first-order valence-corrected chi connectivity index (χ1v) is 12.5. The van der Waals surface area contributed by atoms with Crippen molar-refractivity contribution in [3.63, 3.8) is 0 Å². The lowest BCUT2D eigenvalue weighted by molar-refractivity contribution is 0.0730. The van der Waals surface area contributed by atoms with Crippen molar-refractivity contribution in [1.82, 2.24) is 9.62 Å². The smallest absolute Gasteiger partial charge is 0.251 e. The summed E-state index contributed by atoms with van der Waals surface area (Å²) < 4.78 is 32.3. The zero-order valence-corrected chi connectivity index (χ0v) is 19.6. The van der Waals surface area contributed by atoms with E-state index in [9.17, 15) is 13.2 Å². The molecule has 1 unspecified atom stereocenters. The van der Waals surface area contributed by atoms with Crippen molar-refractivity contribution in [3.8, 4) is 0 Å². The van der Waals surface area contributed by atoms with Crippen molar-refractivity contribution in [2.45, 2.75) is 17.4 Å². The van der Waals surface area contributed by atoms with Gasteiger partial charge >= 0.3 is 0 Å². The Morgan fingerprint density at radius 1 is 0.939 bits per heavy atom. The van der Waals surface area contributed by atoms with Crippen LogP contribution >= 0.6 is 11.6 Å². The third-order valence-corrected chi connectivity index (χ3v) is 7.75. The van der Waals surface area contributed by atoms with Crippen LogP contribution in [-0.2, 0) is 21.2 Å². The van der Waals surface area contributed by atoms with Crippen LogP contribution in [0.1, 0.15) is 27.5 Å². The number of carbonyl (C=O) groups excluding carboxylic acids is 1. The van der Waals surface area contributed by atoms with Crippen molar-refractivity contribution in [1.29, 1.82) is 0 Å². The van der Waals surface area contributed by atoms with Crippen LogP contribution in [0.3, 0.4) is 0 Å². The number of hydrogen-bond acceptors (Lipinski definition) is 4. The Morgan fingerprint density at radius 2 is 1.58 bits per heavy atom. The number of benzene rings is 3. The number of amides is 1. The van der Waals surface area contributed by atoms with Crippen molar-refractivity contribution in [3.05, 3.63) is 101 Å². The van der Waals surface area contributed by atoms with Gasteiger partial charge in [0.2, 0.25) is 10.0 Å². The molecule has 1 fully saturated rings. The van der Waals surface area contributed by atoms with Crippen molar-refractivity contribution >= 4 is 27.5 Å². The standard InChI is InChI=1S/C25H25ClN2O4S/c26-22-10-6-19(7-11-22)18-24(20-4-2-1-3-5-20)27-25(29)21-8-12-23(13-9-21)33(30,31)28-14-16-32-17-15-28/h1-13,24H,14-18H2,(H,27,29). The second-order valence-electron chi connectivity index (χ2n) is 7.81. The Hall–Kier alpha value is -2.71. The fourth-order valence-electron chi connectivity index (χ4n) is 3.75. The molecule has 0 spiro atoms. The average Bonchev–Trinajstić information content (AvgIpc) is 2.86. The van der Waals surface area contributed by atoms with Gasteiger partial charge in [0.1, 0.15) is 0 Å². The zero-order chi connectivity index (χ0) is 23.3. The van der Waals surface area contributed by atoms with E-state index in [-0.39, 0.29) is 16.8 Å². The molecule has 1 amide bonds. The minimum Gasteiger partial charge on any atom is -0.379 e. The van der Waals surface area contributed by atoms with Crippen LogP contribution < -0.4 is 5.32 Å². The van der Waals surface area contributed by atoms with E-state index in [1.54, 1.807) is 12.1 Å². The molecule has 1 saturated heterocycles. The van der Waals surface area contributed by atoms with Gasteiger partial charge in [0.05, 0.1) is 24.2 Å². The number of nitrogens with zero attached hydrogens (tertiary/aromatic N) is 1. The lowest BCUT2D eigenvalue weighted by atomic mass is 9.98. The van der Waals surface area contributed by atoms with E-state index in [1.807, 2.05) is 54.6 Å². The Morgan fingerprint density at radius 3 is 2.21 bits per heavy atom. The largest absolute Gasteiger partial charge is 0.379 e. The molecule has 8 heteroatoms. The first-order chi connectivity index (χ1) is 15.9. The number of carbonyl (C=O) groups is 1. The van der Waals surface area contributed by atoms with E-state index in [2.05, 4.69) is 5.32 Å². The number of hydrogen-bond donors (Lipinski definition) is 1. The molecule has 0 saturated carbocycles. The van der Waals surface area contributed by atoms with E-state index >= 15 is 0 Å². The normalized spacial score (nSPS) is 15.7. The average molecular weight is 485 g/mol. The molecule has 172 valence electrons. The second-order valence-corrected chi connectivity index (χ2v) is 10.2. The summed E-state index contributed by atoms with van der Waals surface area (Å²) in [5.41, 5.74) is 2.42. The summed E-state index contributed by atoms with van der Waals surface area (Å²) in [4.78, 5) is 13.2. The number of ether oxygens (including phenoxy) is 1. The number of morpholine rings is 1. The third-order valence-electron chi connectivity index (χ3n) is 5.58. The van der Waals surface area contributed by atoms with Gasteiger partial charge in [0.25, 0.3) is 5.91 Å². The molecule has 6 nitrogen and oxygen atoms in total. The Kier molecular flexibility index (Phi) is 7.45. The summed E-state index contributed by atoms with van der Waals surface area (Å²) >= 11 is 6.00. The lowest BCUT2D eigenvalue weighted by Crippen LogP contribution is -2.40. The maximum absolute atomic E-state index is 13.0. The maximum Gasteiger partial charge on any atom is 0.251 e. The van der Waals surface area contributed by atoms with Gasteiger partial charge < -0.3 is 10.1 Å². The Bertz CT molecular complexity index is 1180. The molecule has 1 N–H and O–H groups in total. The molecule has 0 aliphatic carbocycles.